The minimum absolute atomic E-state index is 0.0483. The lowest BCUT2D eigenvalue weighted by atomic mass is 10.0. The van der Waals surface area contributed by atoms with Gasteiger partial charge < -0.3 is 10.1 Å². The average Bonchev–Trinajstić information content (AvgIpc) is 2.80. The topological polar surface area (TPSA) is 63.6 Å². The lowest BCUT2D eigenvalue weighted by Crippen LogP contribution is -2.31. The van der Waals surface area contributed by atoms with E-state index in [4.69, 9.17) is 4.74 Å². The number of carbonyl (C=O) groups is 1. The van der Waals surface area contributed by atoms with E-state index >= 15 is 0 Å². The van der Waals surface area contributed by atoms with Crippen LogP contribution in [0.15, 0.2) is 76.1 Å². The van der Waals surface area contributed by atoms with Crippen molar-refractivity contribution in [3.8, 4) is 0 Å². The number of pyridine rings is 1. The lowest BCUT2D eigenvalue weighted by molar-refractivity contribution is -0.0884. The third-order valence-corrected chi connectivity index (χ3v) is 4.62. The van der Waals surface area contributed by atoms with E-state index in [1.54, 1.807) is 44.2 Å². The zero-order chi connectivity index (χ0) is 24.9. The maximum Gasteiger partial charge on any atom is 0.416 e. The van der Waals surface area contributed by atoms with Gasteiger partial charge in [0.1, 0.15) is 5.69 Å². The van der Waals surface area contributed by atoms with Gasteiger partial charge in [0.2, 0.25) is 5.90 Å². The van der Waals surface area contributed by atoms with Gasteiger partial charge in [0.05, 0.1) is 24.9 Å². The molecule has 1 rings (SSSR count). The second kappa shape index (κ2) is 14.1. The number of ether oxygens (including phenoxy) is 1. The first kappa shape index (κ1) is 27.9. The predicted octanol–water partition coefficient (Wildman–Crippen LogP) is 6.33. The number of methoxy groups -OCH3 is 1. The fourth-order valence-corrected chi connectivity index (χ4v) is 2.70. The third kappa shape index (κ3) is 9.47. The van der Waals surface area contributed by atoms with E-state index in [-0.39, 0.29) is 18.1 Å². The number of hydrogen-bond acceptors (Lipinski definition) is 4. The fraction of sp³-hybridized carbons (Fsp3) is 0.400. The zero-order valence-corrected chi connectivity index (χ0v) is 19.8. The second-order valence-corrected chi connectivity index (χ2v) is 7.14. The SMILES string of the molecule is C\C=C/C(=C\C(=C/CCC)C(F)(F)F)C(N=C(CNC(=O)c1ccccn1)OC)=C(C)CC. The molecule has 0 bridgehead atoms. The van der Waals surface area contributed by atoms with E-state index in [0.717, 1.165) is 11.6 Å². The molecule has 0 aliphatic carbocycles. The number of allylic oxidation sites excluding steroid dienone is 6. The van der Waals surface area contributed by atoms with Crippen molar-refractivity contribution < 1.29 is 22.7 Å². The maximum absolute atomic E-state index is 13.6. The Hall–Kier alpha value is -3.16. The highest BCUT2D eigenvalue weighted by atomic mass is 19.4. The summed E-state index contributed by atoms with van der Waals surface area (Å²) < 4.78 is 46.2. The average molecular weight is 464 g/mol. The molecule has 0 aliphatic rings. The molecule has 0 fully saturated rings. The summed E-state index contributed by atoms with van der Waals surface area (Å²) in [5, 5.41) is 2.67. The molecular formula is C25H32F3N3O2. The van der Waals surface area contributed by atoms with Gasteiger partial charge in [-0.3, -0.25) is 9.78 Å². The largest absolute Gasteiger partial charge is 0.483 e. The van der Waals surface area contributed by atoms with Crippen molar-refractivity contribution in [2.24, 2.45) is 4.99 Å². The molecule has 8 heteroatoms. The van der Waals surface area contributed by atoms with Crippen LogP contribution in [-0.4, -0.2) is 36.6 Å². The minimum atomic E-state index is -4.49. The molecule has 0 unspecified atom stereocenters. The minimum Gasteiger partial charge on any atom is -0.483 e. The van der Waals surface area contributed by atoms with Crippen LogP contribution in [0.25, 0.3) is 0 Å². The first-order valence-electron chi connectivity index (χ1n) is 10.8. The van der Waals surface area contributed by atoms with Crippen LogP contribution in [0.3, 0.4) is 0 Å². The number of nitrogens with one attached hydrogen (secondary N) is 1. The molecule has 0 spiro atoms. The second-order valence-electron chi connectivity index (χ2n) is 7.14. The van der Waals surface area contributed by atoms with Crippen LogP contribution in [0.4, 0.5) is 13.2 Å². The Bertz CT molecular complexity index is 928. The van der Waals surface area contributed by atoms with Gasteiger partial charge in [-0.2, -0.15) is 13.2 Å². The van der Waals surface area contributed by atoms with Gasteiger partial charge in [0, 0.05) is 11.8 Å². The van der Waals surface area contributed by atoms with Crippen molar-refractivity contribution in [1.82, 2.24) is 10.3 Å². The summed E-state index contributed by atoms with van der Waals surface area (Å²) in [6, 6.07) is 4.96. The zero-order valence-electron chi connectivity index (χ0n) is 19.8. The van der Waals surface area contributed by atoms with Gasteiger partial charge in [-0.05, 0) is 50.5 Å². The van der Waals surface area contributed by atoms with E-state index in [1.165, 1.54) is 19.4 Å². The number of alkyl halides is 3. The number of amides is 1. The molecule has 180 valence electrons. The Morgan fingerprint density at radius 2 is 2.00 bits per heavy atom. The number of aromatic nitrogens is 1. The summed E-state index contributed by atoms with van der Waals surface area (Å²) in [7, 11) is 1.39. The van der Waals surface area contributed by atoms with Crippen molar-refractivity contribution in [2.75, 3.05) is 13.7 Å². The third-order valence-electron chi connectivity index (χ3n) is 4.62. The Kier molecular flexibility index (Phi) is 11.9. The smallest absolute Gasteiger partial charge is 0.416 e. The summed E-state index contributed by atoms with van der Waals surface area (Å²) in [4.78, 5) is 20.8. The number of halogens is 3. The molecule has 1 aromatic heterocycles. The quantitative estimate of drug-likeness (QED) is 0.250. The Morgan fingerprint density at radius 1 is 1.27 bits per heavy atom. The molecule has 0 saturated carbocycles. The van der Waals surface area contributed by atoms with Crippen molar-refractivity contribution in [3.63, 3.8) is 0 Å². The Morgan fingerprint density at radius 3 is 2.52 bits per heavy atom. The van der Waals surface area contributed by atoms with Crippen molar-refractivity contribution in [3.05, 3.63) is 76.8 Å². The van der Waals surface area contributed by atoms with Crippen LogP contribution < -0.4 is 5.32 Å². The first-order valence-corrected chi connectivity index (χ1v) is 10.8. The Balaban J connectivity index is 3.38. The standard InChI is InChI=1S/C25H32F3N3O2/c1-6-9-13-20(25(26,27)28)16-19(12-7-2)23(18(4)8-3)31-22(33-5)17-30-24(32)21-14-10-11-15-29-21/h7,10-16H,6,8-9,17H2,1-5H3,(H,30,32)/b12-7-,19-16+,20-13+,23-18?,31-22?. The van der Waals surface area contributed by atoms with E-state index in [9.17, 15) is 18.0 Å². The molecule has 1 amide bonds. The summed E-state index contributed by atoms with van der Waals surface area (Å²) >= 11 is 0. The first-order chi connectivity index (χ1) is 15.7. The molecule has 0 radical (unpaired) electrons. The highest BCUT2D eigenvalue weighted by molar-refractivity contribution is 5.95. The summed E-state index contributed by atoms with van der Waals surface area (Å²) in [6.45, 7) is 7.20. The van der Waals surface area contributed by atoms with E-state index < -0.39 is 17.7 Å². The monoisotopic (exact) mass is 463 g/mol. The van der Waals surface area contributed by atoms with E-state index in [1.807, 2.05) is 13.8 Å². The van der Waals surface area contributed by atoms with Crippen molar-refractivity contribution in [2.45, 2.75) is 53.1 Å². The molecule has 33 heavy (non-hydrogen) atoms. The molecular weight excluding hydrogens is 431 g/mol. The van der Waals surface area contributed by atoms with E-state index in [2.05, 4.69) is 15.3 Å². The van der Waals surface area contributed by atoms with Crippen LogP contribution >= 0.6 is 0 Å². The summed E-state index contributed by atoms with van der Waals surface area (Å²) in [5.74, 6) is -0.257. The maximum atomic E-state index is 13.6. The highest BCUT2D eigenvalue weighted by Gasteiger charge is 2.32. The van der Waals surface area contributed by atoms with Crippen LogP contribution in [0.1, 0.15) is 57.4 Å². The number of aliphatic imine (C=N–C) groups is 1. The molecule has 0 saturated heterocycles. The molecule has 0 aromatic carbocycles. The van der Waals surface area contributed by atoms with Gasteiger partial charge in [0.15, 0.2) is 0 Å². The number of carbonyl (C=O) groups excluding carboxylic acids is 1. The molecule has 1 aromatic rings. The van der Waals surface area contributed by atoms with Crippen LogP contribution in [0.5, 0.6) is 0 Å². The summed E-state index contributed by atoms with van der Waals surface area (Å²) in [5.41, 5.74) is 0.964. The fourth-order valence-electron chi connectivity index (χ4n) is 2.70. The molecule has 0 atom stereocenters. The number of nitrogens with zero attached hydrogens (tertiary/aromatic N) is 2. The molecule has 5 nitrogen and oxygen atoms in total. The van der Waals surface area contributed by atoms with Gasteiger partial charge in [-0.1, -0.05) is 44.6 Å². The highest BCUT2D eigenvalue weighted by Crippen LogP contribution is 2.31. The van der Waals surface area contributed by atoms with Crippen molar-refractivity contribution in [1.29, 1.82) is 0 Å². The van der Waals surface area contributed by atoms with Crippen LogP contribution in [0, 0.1) is 0 Å². The van der Waals surface area contributed by atoms with Crippen molar-refractivity contribution >= 4 is 11.8 Å². The normalized spacial score (nSPS) is 14.4. The number of rotatable bonds is 10. The van der Waals surface area contributed by atoms with Gasteiger partial charge >= 0.3 is 6.18 Å². The lowest BCUT2D eigenvalue weighted by Gasteiger charge is -2.14. The predicted molar refractivity (Wildman–Crippen MR) is 126 cm³/mol. The summed E-state index contributed by atoms with van der Waals surface area (Å²) in [6.07, 6.45) is 4.05. The van der Waals surface area contributed by atoms with Crippen LogP contribution in [0.2, 0.25) is 0 Å². The Labute approximate surface area is 193 Å². The van der Waals surface area contributed by atoms with E-state index in [0.29, 0.717) is 30.5 Å². The van der Waals surface area contributed by atoms with Crippen LogP contribution in [-0.2, 0) is 4.74 Å². The van der Waals surface area contributed by atoms with Gasteiger partial charge in [-0.25, -0.2) is 4.99 Å². The molecule has 1 heterocycles. The number of hydrogen-bond donors (Lipinski definition) is 1. The van der Waals surface area contributed by atoms with Gasteiger partial charge in [0.25, 0.3) is 5.91 Å². The molecule has 1 N–H and O–H groups in total. The molecule has 0 aliphatic heterocycles. The van der Waals surface area contributed by atoms with Gasteiger partial charge in [-0.15, -0.1) is 0 Å². The number of unbranched alkanes of at least 4 members (excludes halogenated alkanes) is 1.